The van der Waals surface area contributed by atoms with Gasteiger partial charge in [-0.15, -0.1) is 0 Å². The predicted octanol–water partition coefficient (Wildman–Crippen LogP) is 3.06. The quantitative estimate of drug-likeness (QED) is 0.906. The molecule has 1 aliphatic heterocycles. The first-order valence-electron chi connectivity index (χ1n) is 7.59. The summed E-state index contributed by atoms with van der Waals surface area (Å²) in [5.74, 6) is -0.00100. The maximum Gasteiger partial charge on any atom is 0.235 e. The molecule has 0 saturated carbocycles. The van der Waals surface area contributed by atoms with E-state index in [1.54, 1.807) is 48.5 Å². The van der Waals surface area contributed by atoms with E-state index in [9.17, 15) is 13.2 Å². The maximum atomic E-state index is 12.2. The molecular formula is C17H17ClN2O3S. The van der Waals surface area contributed by atoms with Crippen molar-refractivity contribution in [3.8, 4) is 0 Å². The molecule has 0 aliphatic carbocycles. The van der Waals surface area contributed by atoms with Crippen molar-refractivity contribution in [3.63, 3.8) is 0 Å². The second-order valence-electron chi connectivity index (χ2n) is 5.64. The molecule has 1 heterocycles. The monoisotopic (exact) mass is 364 g/mol. The van der Waals surface area contributed by atoms with E-state index in [2.05, 4.69) is 5.32 Å². The Morgan fingerprint density at radius 3 is 2.58 bits per heavy atom. The molecule has 1 saturated heterocycles. The molecule has 126 valence electrons. The molecule has 5 nitrogen and oxygen atoms in total. The Morgan fingerprint density at radius 1 is 1.17 bits per heavy atom. The third-order valence-corrected chi connectivity index (χ3v) is 5.92. The summed E-state index contributed by atoms with van der Waals surface area (Å²) in [6.07, 6.45) is 0.846. The Labute approximate surface area is 146 Å². The zero-order valence-corrected chi connectivity index (χ0v) is 14.5. The van der Waals surface area contributed by atoms with Gasteiger partial charge in [-0.1, -0.05) is 29.8 Å². The van der Waals surface area contributed by atoms with Gasteiger partial charge in [0.15, 0.2) is 0 Å². The van der Waals surface area contributed by atoms with E-state index in [4.69, 9.17) is 11.6 Å². The van der Waals surface area contributed by atoms with Crippen LogP contribution >= 0.6 is 11.6 Å². The Hall–Kier alpha value is -2.05. The number of hydrogen-bond acceptors (Lipinski definition) is 3. The van der Waals surface area contributed by atoms with Crippen molar-refractivity contribution < 1.29 is 13.2 Å². The van der Waals surface area contributed by atoms with Gasteiger partial charge in [-0.3, -0.25) is 9.10 Å². The number of halogens is 1. The summed E-state index contributed by atoms with van der Waals surface area (Å²) in [6.45, 7) is 0.477. The number of nitrogens with one attached hydrogen (secondary N) is 1. The molecule has 2 aromatic rings. The van der Waals surface area contributed by atoms with Crippen molar-refractivity contribution >= 4 is 38.9 Å². The molecule has 0 aromatic heterocycles. The second-order valence-corrected chi connectivity index (χ2v) is 8.09. The van der Waals surface area contributed by atoms with Gasteiger partial charge in [0.2, 0.25) is 15.9 Å². The fourth-order valence-electron chi connectivity index (χ4n) is 2.66. The number of hydrogen-bond donors (Lipinski definition) is 1. The van der Waals surface area contributed by atoms with Crippen LogP contribution in [0.5, 0.6) is 0 Å². The number of carbonyl (C=O) groups excluding carboxylic acids is 1. The third-order valence-electron chi connectivity index (χ3n) is 3.80. The highest BCUT2D eigenvalue weighted by Gasteiger charge is 2.28. The largest absolute Gasteiger partial charge is 0.326 e. The molecule has 1 N–H and O–H groups in total. The van der Waals surface area contributed by atoms with Crippen molar-refractivity contribution in [1.82, 2.24) is 0 Å². The number of nitrogens with zero attached hydrogens (tertiary/aromatic N) is 1. The number of carbonyl (C=O) groups is 1. The fraction of sp³-hybridized carbons (Fsp3) is 0.235. The smallest absolute Gasteiger partial charge is 0.235 e. The molecule has 0 spiro atoms. The van der Waals surface area contributed by atoms with Crippen LogP contribution in [0.4, 0.5) is 11.4 Å². The van der Waals surface area contributed by atoms with Gasteiger partial charge in [0.1, 0.15) is 0 Å². The van der Waals surface area contributed by atoms with Crippen LogP contribution < -0.4 is 9.62 Å². The van der Waals surface area contributed by atoms with Crippen molar-refractivity contribution in [2.75, 3.05) is 21.9 Å². The maximum absolute atomic E-state index is 12.2. The SMILES string of the molecule is O=C(Cc1ccc(Cl)cc1)Nc1cccc(N2CCCS2(=O)=O)c1. The predicted molar refractivity (Wildman–Crippen MR) is 96.0 cm³/mol. The van der Waals surface area contributed by atoms with Crippen LogP contribution in [-0.2, 0) is 21.2 Å². The second kappa shape index (κ2) is 6.83. The molecule has 0 atom stereocenters. The van der Waals surface area contributed by atoms with Crippen molar-refractivity contribution in [2.24, 2.45) is 0 Å². The summed E-state index contributed by atoms with van der Waals surface area (Å²) < 4.78 is 25.4. The summed E-state index contributed by atoms with van der Waals surface area (Å²) in [4.78, 5) is 12.2. The van der Waals surface area contributed by atoms with Gasteiger partial charge >= 0.3 is 0 Å². The molecule has 0 bridgehead atoms. The van der Waals surface area contributed by atoms with Crippen LogP contribution in [-0.4, -0.2) is 26.6 Å². The number of benzene rings is 2. The van der Waals surface area contributed by atoms with Crippen molar-refractivity contribution in [3.05, 3.63) is 59.1 Å². The number of anilines is 2. The Morgan fingerprint density at radius 2 is 1.92 bits per heavy atom. The minimum atomic E-state index is -3.23. The van der Waals surface area contributed by atoms with Crippen LogP contribution in [0.15, 0.2) is 48.5 Å². The van der Waals surface area contributed by atoms with E-state index in [1.807, 2.05) is 0 Å². The highest BCUT2D eigenvalue weighted by molar-refractivity contribution is 7.93. The van der Waals surface area contributed by atoms with Gasteiger partial charge in [-0.25, -0.2) is 8.42 Å². The molecule has 0 unspecified atom stereocenters. The molecule has 1 amide bonds. The summed E-state index contributed by atoms with van der Waals surface area (Å²) in [5, 5.41) is 3.43. The summed E-state index contributed by atoms with van der Waals surface area (Å²) in [7, 11) is -3.23. The first-order valence-corrected chi connectivity index (χ1v) is 9.57. The number of sulfonamides is 1. The van der Waals surface area contributed by atoms with Crippen molar-refractivity contribution in [2.45, 2.75) is 12.8 Å². The Kier molecular flexibility index (Phi) is 4.78. The highest BCUT2D eigenvalue weighted by atomic mass is 35.5. The molecule has 7 heteroatoms. The lowest BCUT2D eigenvalue weighted by Crippen LogP contribution is -2.25. The molecule has 3 rings (SSSR count). The van der Waals surface area contributed by atoms with E-state index >= 15 is 0 Å². The molecule has 1 fully saturated rings. The zero-order chi connectivity index (χ0) is 17.2. The molecule has 2 aromatic carbocycles. The summed E-state index contributed by atoms with van der Waals surface area (Å²) in [6, 6.07) is 14.0. The normalized spacial score (nSPS) is 16.1. The van der Waals surface area contributed by atoms with Crippen LogP contribution in [0.3, 0.4) is 0 Å². The van der Waals surface area contributed by atoms with E-state index in [0.717, 1.165) is 5.56 Å². The van der Waals surface area contributed by atoms with E-state index in [0.29, 0.717) is 29.4 Å². The number of rotatable bonds is 4. The van der Waals surface area contributed by atoms with Crippen LogP contribution in [0.1, 0.15) is 12.0 Å². The average Bonchev–Trinajstić information content (AvgIpc) is 2.89. The van der Waals surface area contributed by atoms with E-state index in [-0.39, 0.29) is 18.1 Å². The van der Waals surface area contributed by atoms with Crippen LogP contribution in [0.25, 0.3) is 0 Å². The van der Waals surface area contributed by atoms with Gasteiger partial charge in [0, 0.05) is 17.3 Å². The summed E-state index contributed by atoms with van der Waals surface area (Å²) in [5.41, 5.74) is 2.01. The van der Waals surface area contributed by atoms with Gasteiger partial charge < -0.3 is 5.32 Å². The zero-order valence-electron chi connectivity index (χ0n) is 12.9. The third kappa shape index (κ3) is 3.88. The first-order chi connectivity index (χ1) is 11.4. The lowest BCUT2D eigenvalue weighted by molar-refractivity contribution is -0.115. The minimum Gasteiger partial charge on any atom is -0.326 e. The van der Waals surface area contributed by atoms with Crippen molar-refractivity contribution in [1.29, 1.82) is 0 Å². The summed E-state index contributed by atoms with van der Waals surface area (Å²) >= 11 is 5.83. The van der Waals surface area contributed by atoms with Gasteiger partial charge in [0.05, 0.1) is 17.9 Å². The van der Waals surface area contributed by atoms with Crippen LogP contribution in [0.2, 0.25) is 5.02 Å². The van der Waals surface area contributed by atoms with Gasteiger partial charge in [-0.05, 0) is 42.3 Å². The molecular weight excluding hydrogens is 348 g/mol. The van der Waals surface area contributed by atoms with Crippen LogP contribution in [0, 0.1) is 0 Å². The standard InChI is InChI=1S/C17H17ClN2O3S/c18-14-7-5-13(6-8-14)11-17(21)19-15-3-1-4-16(12-15)20-9-2-10-24(20,22)23/h1,3-8,12H,2,9-11H2,(H,19,21). The van der Waals surface area contributed by atoms with Gasteiger partial charge in [0.25, 0.3) is 0 Å². The lowest BCUT2D eigenvalue weighted by atomic mass is 10.1. The topological polar surface area (TPSA) is 66.5 Å². The molecule has 1 aliphatic rings. The Bertz CT molecular complexity index is 850. The van der Waals surface area contributed by atoms with E-state index in [1.165, 1.54) is 4.31 Å². The minimum absolute atomic E-state index is 0.167. The fourth-order valence-corrected chi connectivity index (χ4v) is 4.34. The average molecular weight is 365 g/mol. The highest BCUT2D eigenvalue weighted by Crippen LogP contribution is 2.26. The lowest BCUT2D eigenvalue weighted by Gasteiger charge is -2.17. The van der Waals surface area contributed by atoms with Gasteiger partial charge in [-0.2, -0.15) is 0 Å². The van der Waals surface area contributed by atoms with E-state index < -0.39 is 10.0 Å². The Balaban J connectivity index is 1.70. The first kappa shape index (κ1) is 16.8. The molecule has 24 heavy (non-hydrogen) atoms. The number of amides is 1. The molecule has 0 radical (unpaired) electrons.